The van der Waals surface area contributed by atoms with Crippen LogP contribution in [0.2, 0.25) is 0 Å². The van der Waals surface area contributed by atoms with E-state index in [1.165, 1.54) is 31.3 Å². The van der Waals surface area contributed by atoms with Gasteiger partial charge in [-0.2, -0.15) is 0 Å². The zero-order chi connectivity index (χ0) is 14.8. The number of ketones is 1. The molecule has 1 heterocycles. The van der Waals surface area contributed by atoms with E-state index in [0.29, 0.717) is 17.8 Å². The average Bonchev–Trinajstić information content (AvgIpc) is 2.30. The largest absolute Gasteiger partial charge is 0.371 e. The van der Waals surface area contributed by atoms with Gasteiger partial charge in [0.2, 0.25) is 0 Å². The standard InChI is InChI=1S/C18H30O2/c1-14(19)6-7-15-8-9-16-17(2,3)11-5-12-18(16,4)20-13-10-15/h10,16H,5-9,11-13H2,1-4H3/b15-10-/t16-,18-/m0/s1. The maximum absolute atomic E-state index is 11.2. The van der Waals surface area contributed by atoms with Crippen molar-refractivity contribution in [3.05, 3.63) is 11.6 Å². The van der Waals surface area contributed by atoms with Gasteiger partial charge >= 0.3 is 0 Å². The van der Waals surface area contributed by atoms with E-state index in [2.05, 4.69) is 26.8 Å². The van der Waals surface area contributed by atoms with Gasteiger partial charge in [-0.1, -0.05) is 31.9 Å². The van der Waals surface area contributed by atoms with Crippen LogP contribution in [0.3, 0.4) is 0 Å². The van der Waals surface area contributed by atoms with Crippen LogP contribution in [-0.2, 0) is 9.53 Å². The first-order chi connectivity index (χ1) is 9.33. The zero-order valence-corrected chi connectivity index (χ0v) is 13.6. The van der Waals surface area contributed by atoms with E-state index in [9.17, 15) is 4.79 Å². The minimum atomic E-state index is 0.0460. The molecule has 2 aliphatic rings. The van der Waals surface area contributed by atoms with Gasteiger partial charge in [0.25, 0.3) is 0 Å². The molecule has 2 heteroatoms. The summed E-state index contributed by atoms with van der Waals surface area (Å²) in [5, 5.41) is 0. The van der Waals surface area contributed by atoms with E-state index < -0.39 is 0 Å². The summed E-state index contributed by atoms with van der Waals surface area (Å²) in [5.41, 5.74) is 1.84. The summed E-state index contributed by atoms with van der Waals surface area (Å²) in [6.07, 6.45) is 9.95. The number of fused-ring (bicyclic) bond motifs is 1. The minimum Gasteiger partial charge on any atom is -0.371 e. The molecule has 2 nitrogen and oxygen atoms in total. The number of carbonyl (C=O) groups is 1. The smallest absolute Gasteiger partial charge is 0.130 e. The molecule has 0 radical (unpaired) electrons. The van der Waals surface area contributed by atoms with Gasteiger partial charge in [0.05, 0.1) is 12.2 Å². The number of rotatable bonds is 3. The Kier molecular flexibility index (Phi) is 4.73. The molecule has 20 heavy (non-hydrogen) atoms. The highest BCUT2D eigenvalue weighted by Crippen LogP contribution is 2.50. The molecule has 0 unspecified atom stereocenters. The highest BCUT2D eigenvalue weighted by molar-refractivity contribution is 5.75. The molecule has 2 rings (SSSR count). The van der Waals surface area contributed by atoms with Crippen molar-refractivity contribution in [3.8, 4) is 0 Å². The SMILES string of the molecule is CC(=O)CC/C1=C/CO[C@@]2(C)CCCC(C)(C)[C@@H]2CC1. The minimum absolute atomic E-state index is 0.0460. The van der Waals surface area contributed by atoms with E-state index >= 15 is 0 Å². The Bertz CT molecular complexity index is 394. The quantitative estimate of drug-likeness (QED) is 0.701. The third-order valence-electron chi connectivity index (χ3n) is 5.51. The summed E-state index contributed by atoms with van der Waals surface area (Å²) in [5.74, 6) is 0.918. The van der Waals surface area contributed by atoms with Crippen LogP contribution >= 0.6 is 0 Å². The number of ether oxygens (including phenoxy) is 1. The summed E-state index contributed by atoms with van der Waals surface area (Å²) in [4.78, 5) is 11.2. The molecule has 114 valence electrons. The Morgan fingerprint density at radius 3 is 2.80 bits per heavy atom. The first-order valence-electron chi connectivity index (χ1n) is 8.15. The lowest BCUT2D eigenvalue weighted by atomic mass is 9.60. The highest BCUT2D eigenvalue weighted by Gasteiger charge is 2.47. The van der Waals surface area contributed by atoms with Crippen molar-refractivity contribution in [2.75, 3.05) is 6.61 Å². The second-order valence-corrected chi connectivity index (χ2v) is 7.62. The summed E-state index contributed by atoms with van der Waals surface area (Å²) < 4.78 is 6.29. The monoisotopic (exact) mass is 278 g/mol. The first kappa shape index (κ1) is 15.8. The molecule has 2 atom stereocenters. The van der Waals surface area contributed by atoms with Crippen LogP contribution in [0.1, 0.15) is 72.6 Å². The number of hydrogen-bond acceptors (Lipinski definition) is 2. The Hall–Kier alpha value is -0.630. The third kappa shape index (κ3) is 3.52. The lowest BCUT2D eigenvalue weighted by molar-refractivity contribution is -0.131. The Balaban J connectivity index is 2.08. The highest BCUT2D eigenvalue weighted by atomic mass is 16.5. The average molecular weight is 278 g/mol. The van der Waals surface area contributed by atoms with Gasteiger partial charge in [0, 0.05) is 6.42 Å². The van der Waals surface area contributed by atoms with Crippen molar-refractivity contribution in [1.29, 1.82) is 0 Å². The van der Waals surface area contributed by atoms with E-state index in [4.69, 9.17) is 4.74 Å². The molecule has 0 aromatic carbocycles. The zero-order valence-electron chi connectivity index (χ0n) is 13.6. The van der Waals surface area contributed by atoms with Crippen LogP contribution < -0.4 is 0 Å². The predicted molar refractivity (Wildman–Crippen MR) is 82.7 cm³/mol. The van der Waals surface area contributed by atoms with Crippen molar-refractivity contribution in [2.24, 2.45) is 11.3 Å². The van der Waals surface area contributed by atoms with Crippen molar-refractivity contribution < 1.29 is 9.53 Å². The molecule has 0 spiro atoms. The number of Topliss-reactive ketones (excluding diaryl/α,β-unsaturated/α-hetero) is 1. The first-order valence-corrected chi connectivity index (χ1v) is 8.15. The molecule has 0 amide bonds. The maximum Gasteiger partial charge on any atom is 0.130 e. The molecule has 0 saturated heterocycles. The van der Waals surface area contributed by atoms with Crippen LogP contribution in [0.4, 0.5) is 0 Å². The van der Waals surface area contributed by atoms with Crippen LogP contribution in [0.15, 0.2) is 11.6 Å². The van der Waals surface area contributed by atoms with Crippen molar-refractivity contribution in [2.45, 2.75) is 78.2 Å². The lowest BCUT2D eigenvalue weighted by Crippen LogP contribution is -2.49. The van der Waals surface area contributed by atoms with Crippen LogP contribution in [0, 0.1) is 11.3 Å². The second kappa shape index (κ2) is 6.01. The van der Waals surface area contributed by atoms with Crippen molar-refractivity contribution in [3.63, 3.8) is 0 Å². The predicted octanol–water partition coefficient (Wildman–Crippen LogP) is 4.68. The Labute approximate surface area is 124 Å². The molecule has 1 aliphatic heterocycles. The summed E-state index contributed by atoms with van der Waals surface area (Å²) in [6.45, 7) is 9.52. The van der Waals surface area contributed by atoms with Gasteiger partial charge in [-0.25, -0.2) is 0 Å². The van der Waals surface area contributed by atoms with Gasteiger partial charge < -0.3 is 9.53 Å². The van der Waals surface area contributed by atoms with Crippen LogP contribution in [-0.4, -0.2) is 18.0 Å². The lowest BCUT2D eigenvalue weighted by Gasteiger charge is -2.51. The normalized spacial score (nSPS) is 36.2. The molecule has 0 aromatic heterocycles. The molecule has 1 saturated carbocycles. The van der Waals surface area contributed by atoms with Gasteiger partial charge in [0.15, 0.2) is 0 Å². The van der Waals surface area contributed by atoms with Crippen molar-refractivity contribution in [1.82, 2.24) is 0 Å². The van der Waals surface area contributed by atoms with Gasteiger partial charge in [-0.05, 0) is 57.3 Å². The van der Waals surface area contributed by atoms with E-state index in [1.807, 2.05) is 0 Å². The second-order valence-electron chi connectivity index (χ2n) is 7.62. The van der Waals surface area contributed by atoms with Crippen LogP contribution in [0.5, 0.6) is 0 Å². The number of carbonyl (C=O) groups excluding carboxylic acids is 1. The van der Waals surface area contributed by atoms with Crippen molar-refractivity contribution >= 4 is 5.78 Å². The third-order valence-corrected chi connectivity index (χ3v) is 5.51. The van der Waals surface area contributed by atoms with Gasteiger partial charge in [0.1, 0.15) is 5.78 Å². The number of allylic oxidation sites excluding steroid dienone is 1. The van der Waals surface area contributed by atoms with Gasteiger partial charge in [-0.15, -0.1) is 0 Å². The topological polar surface area (TPSA) is 26.3 Å². The fraction of sp³-hybridized carbons (Fsp3) is 0.833. The summed E-state index contributed by atoms with van der Waals surface area (Å²) in [6, 6.07) is 0. The number of hydrogen-bond donors (Lipinski definition) is 0. The molecule has 0 N–H and O–H groups in total. The molecule has 0 bridgehead atoms. The molecule has 1 aliphatic carbocycles. The van der Waals surface area contributed by atoms with E-state index in [1.54, 1.807) is 6.92 Å². The maximum atomic E-state index is 11.2. The Morgan fingerprint density at radius 2 is 2.10 bits per heavy atom. The van der Waals surface area contributed by atoms with Crippen LogP contribution in [0.25, 0.3) is 0 Å². The Morgan fingerprint density at radius 1 is 1.35 bits per heavy atom. The molecular weight excluding hydrogens is 248 g/mol. The summed E-state index contributed by atoms with van der Waals surface area (Å²) >= 11 is 0. The van der Waals surface area contributed by atoms with E-state index in [-0.39, 0.29) is 11.4 Å². The molecule has 0 aromatic rings. The fourth-order valence-corrected chi connectivity index (χ4v) is 4.28. The van der Waals surface area contributed by atoms with E-state index in [0.717, 1.165) is 19.4 Å². The van der Waals surface area contributed by atoms with Gasteiger partial charge in [-0.3, -0.25) is 0 Å². The molecular formula is C18H30O2. The fourth-order valence-electron chi connectivity index (χ4n) is 4.28. The molecule has 1 fully saturated rings. The summed E-state index contributed by atoms with van der Waals surface area (Å²) in [7, 11) is 0.